The zero-order chi connectivity index (χ0) is 28.3. The number of aromatic nitrogens is 3. The topological polar surface area (TPSA) is 125 Å². The van der Waals surface area contributed by atoms with Crippen LogP contribution in [0.3, 0.4) is 0 Å². The van der Waals surface area contributed by atoms with Crippen LogP contribution in [0.5, 0.6) is 0 Å². The molecule has 39 heavy (non-hydrogen) atoms. The molecule has 1 unspecified atom stereocenters. The van der Waals surface area contributed by atoms with Crippen LogP contribution in [0.2, 0.25) is 0 Å². The Morgan fingerprint density at radius 1 is 1.13 bits per heavy atom. The van der Waals surface area contributed by atoms with E-state index in [4.69, 9.17) is 4.74 Å². The van der Waals surface area contributed by atoms with Crippen LogP contribution in [0.4, 0.5) is 10.5 Å². The summed E-state index contributed by atoms with van der Waals surface area (Å²) in [5, 5.41) is 28.3. The number of nitrogens with zero attached hydrogens (tertiary/aromatic N) is 4. The van der Waals surface area contributed by atoms with Crippen LogP contribution in [0.25, 0.3) is 11.0 Å². The van der Waals surface area contributed by atoms with E-state index in [1.54, 1.807) is 4.57 Å². The van der Waals surface area contributed by atoms with Crippen LogP contribution in [0.1, 0.15) is 58.5 Å². The Hall–Kier alpha value is -3.05. The van der Waals surface area contributed by atoms with Crippen molar-refractivity contribution in [3.05, 3.63) is 54.1 Å². The largest absolute Gasteiger partial charge is 0.387 e. The second kappa shape index (κ2) is 12.0. The molecule has 0 spiro atoms. The maximum absolute atomic E-state index is 12.4. The van der Waals surface area contributed by atoms with Gasteiger partial charge in [-0.15, -0.1) is 0 Å². The van der Waals surface area contributed by atoms with Gasteiger partial charge in [0.2, 0.25) is 0 Å². The molecule has 0 bridgehead atoms. The lowest BCUT2D eigenvalue weighted by atomic mass is 9.87. The van der Waals surface area contributed by atoms with Crippen molar-refractivity contribution in [1.29, 1.82) is 0 Å². The van der Waals surface area contributed by atoms with Gasteiger partial charge in [0.1, 0.15) is 30.3 Å². The molecule has 3 aromatic rings. The molecule has 2 aromatic heterocycles. The smallest absolute Gasteiger partial charge is 0.319 e. The van der Waals surface area contributed by atoms with Crippen LogP contribution in [0.15, 0.2) is 42.9 Å². The normalized spacial score (nSPS) is 21.7. The molecule has 0 aliphatic carbocycles. The first kappa shape index (κ1) is 28.9. The highest BCUT2D eigenvalue weighted by Crippen LogP contribution is 2.33. The van der Waals surface area contributed by atoms with Crippen LogP contribution < -0.4 is 10.6 Å². The quantitative estimate of drug-likeness (QED) is 0.307. The fourth-order valence-electron chi connectivity index (χ4n) is 4.92. The summed E-state index contributed by atoms with van der Waals surface area (Å²) in [6.45, 7) is 14.2. The number of carbonyl (C=O) groups excluding carboxylic acids is 1. The standard InChI is InChI=1S/C29H42N6O4/c1-18(2)34(14-7-13-30-28(38)33-21-10-8-20(9-11-21)29(4,5)6)16-23-24(36)25(37)27(39-23)35-15-12-22-19(3)31-17-32-26(22)35/h8-12,15,17-18,23-25,27,36-37H,7,13-14,16H2,1-6H3,(H2,30,33,38)/t23-,24-,25-,27?/m1/s1. The summed E-state index contributed by atoms with van der Waals surface area (Å²) in [6, 6.07) is 9.74. The van der Waals surface area contributed by atoms with E-state index in [9.17, 15) is 15.0 Å². The summed E-state index contributed by atoms with van der Waals surface area (Å²) < 4.78 is 7.94. The molecule has 0 saturated carbocycles. The molecule has 212 valence electrons. The molecule has 1 aliphatic rings. The van der Waals surface area contributed by atoms with Gasteiger partial charge in [0, 0.05) is 42.9 Å². The van der Waals surface area contributed by atoms with E-state index in [0.717, 1.165) is 23.2 Å². The van der Waals surface area contributed by atoms with Gasteiger partial charge < -0.3 is 30.2 Å². The Bertz CT molecular complexity index is 1250. The fourth-order valence-corrected chi connectivity index (χ4v) is 4.92. The first-order valence-corrected chi connectivity index (χ1v) is 13.6. The van der Waals surface area contributed by atoms with Crippen molar-refractivity contribution in [2.24, 2.45) is 0 Å². The highest BCUT2D eigenvalue weighted by molar-refractivity contribution is 5.89. The molecule has 10 nitrogen and oxygen atoms in total. The van der Waals surface area contributed by atoms with Crippen molar-refractivity contribution in [3.63, 3.8) is 0 Å². The number of fused-ring (bicyclic) bond motifs is 1. The van der Waals surface area contributed by atoms with Crippen molar-refractivity contribution in [2.45, 2.75) is 84.0 Å². The van der Waals surface area contributed by atoms with Crippen molar-refractivity contribution in [1.82, 2.24) is 24.8 Å². The monoisotopic (exact) mass is 538 g/mol. The average Bonchev–Trinajstić information content (AvgIpc) is 3.42. The van der Waals surface area contributed by atoms with E-state index in [-0.39, 0.29) is 17.5 Å². The lowest BCUT2D eigenvalue weighted by Crippen LogP contribution is -2.44. The van der Waals surface area contributed by atoms with Crippen molar-refractivity contribution >= 4 is 22.8 Å². The number of hydrogen-bond acceptors (Lipinski definition) is 7. The Morgan fingerprint density at radius 3 is 2.51 bits per heavy atom. The number of benzene rings is 1. The van der Waals surface area contributed by atoms with Crippen LogP contribution in [-0.2, 0) is 10.2 Å². The van der Waals surface area contributed by atoms with Crippen LogP contribution in [-0.4, -0.2) is 79.7 Å². The van der Waals surface area contributed by atoms with Crippen molar-refractivity contribution in [3.8, 4) is 0 Å². The highest BCUT2D eigenvalue weighted by Gasteiger charge is 2.44. The van der Waals surface area contributed by atoms with Gasteiger partial charge in [0.15, 0.2) is 6.23 Å². The average molecular weight is 539 g/mol. The molecular formula is C29H42N6O4. The number of rotatable bonds is 9. The van der Waals surface area contributed by atoms with Crippen LogP contribution >= 0.6 is 0 Å². The van der Waals surface area contributed by atoms with Gasteiger partial charge in [-0.05, 0) is 56.4 Å². The van der Waals surface area contributed by atoms with Gasteiger partial charge in [-0.3, -0.25) is 4.90 Å². The zero-order valence-electron chi connectivity index (χ0n) is 23.8. The molecule has 4 N–H and O–H groups in total. The Morgan fingerprint density at radius 2 is 1.85 bits per heavy atom. The first-order valence-electron chi connectivity index (χ1n) is 13.6. The molecule has 0 radical (unpaired) electrons. The maximum Gasteiger partial charge on any atom is 0.319 e. The Balaban J connectivity index is 1.27. The minimum atomic E-state index is -1.09. The third-order valence-corrected chi connectivity index (χ3v) is 7.38. The summed E-state index contributed by atoms with van der Waals surface area (Å²) in [5.74, 6) is 0. The molecule has 4 rings (SSSR count). The van der Waals surface area contributed by atoms with Gasteiger partial charge in [0.25, 0.3) is 0 Å². The number of urea groups is 1. The number of aryl methyl sites for hydroxylation is 1. The SMILES string of the molecule is Cc1ncnc2c1ccn2C1O[C@H](CN(CCCNC(=O)Nc2ccc(C(C)(C)C)cc2)C(C)C)[C@@H](O)[C@H]1O. The summed E-state index contributed by atoms with van der Waals surface area (Å²) in [4.78, 5) is 23.1. The van der Waals surface area contributed by atoms with E-state index >= 15 is 0 Å². The second-order valence-electron chi connectivity index (χ2n) is 11.6. The van der Waals surface area contributed by atoms with E-state index in [1.165, 1.54) is 11.9 Å². The van der Waals surface area contributed by atoms with Crippen LogP contribution in [0, 0.1) is 6.92 Å². The molecule has 1 saturated heterocycles. The van der Waals surface area contributed by atoms with E-state index in [1.807, 2.05) is 43.5 Å². The molecular weight excluding hydrogens is 496 g/mol. The molecule has 1 aromatic carbocycles. The summed E-state index contributed by atoms with van der Waals surface area (Å²) in [6.07, 6.45) is 0.588. The lowest BCUT2D eigenvalue weighted by molar-refractivity contribution is -0.0465. The molecule has 3 heterocycles. The number of nitrogens with one attached hydrogen (secondary N) is 2. The fraction of sp³-hybridized carbons (Fsp3) is 0.552. The molecule has 10 heteroatoms. The van der Waals surface area contributed by atoms with Gasteiger partial charge in [0.05, 0.1) is 5.69 Å². The van der Waals surface area contributed by atoms with Crippen molar-refractivity contribution in [2.75, 3.05) is 25.0 Å². The minimum Gasteiger partial charge on any atom is -0.387 e. The van der Waals surface area contributed by atoms with Gasteiger partial charge >= 0.3 is 6.03 Å². The molecule has 4 atom stereocenters. The Labute approximate surface area is 230 Å². The number of aliphatic hydroxyl groups is 2. The summed E-state index contributed by atoms with van der Waals surface area (Å²) >= 11 is 0. The molecule has 1 aliphatic heterocycles. The lowest BCUT2D eigenvalue weighted by Gasteiger charge is -2.30. The third kappa shape index (κ3) is 6.75. The molecule has 2 amide bonds. The van der Waals surface area contributed by atoms with E-state index < -0.39 is 24.5 Å². The summed E-state index contributed by atoms with van der Waals surface area (Å²) in [5.41, 5.74) is 3.53. The Kier molecular flexibility index (Phi) is 8.90. The number of amides is 2. The molecule has 1 fully saturated rings. The highest BCUT2D eigenvalue weighted by atomic mass is 16.6. The van der Waals surface area contributed by atoms with Gasteiger partial charge in [-0.1, -0.05) is 32.9 Å². The number of aliphatic hydroxyl groups excluding tert-OH is 2. The predicted octanol–water partition coefficient (Wildman–Crippen LogP) is 3.58. The maximum atomic E-state index is 12.4. The number of hydrogen-bond donors (Lipinski definition) is 4. The van der Waals surface area contributed by atoms with Crippen molar-refractivity contribution < 1.29 is 19.7 Å². The number of anilines is 1. The first-order chi connectivity index (χ1) is 18.5. The third-order valence-electron chi connectivity index (χ3n) is 7.38. The van der Waals surface area contributed by atoms with E-state index in [0.29, 0.717) is 25.3 Å². The van der Waals surface area contributed by atoms with Gasteiger partial charge in [-0.25, -0.2) is 14.8 Å². The number of ether oxygens (including phenoxy) is 1. The van der Waals surface area contributed by atoms with Gasteiger partial charge in [-0.2, -0.15) is 0 Å². The number of carbonyl (C=O) groups is 1. The second-order valence-corrected chi connectivity index (χ2v) is 11.6. The summed E-state index contributed by atoms with van der Waals surface area (Å²) in [7, 11) is 0. The zero-order valence-corrected chi connectivity index (χ0v) is 23.8. The predicted molar refractivity (Wildman–Crippen MR) is 152 cm³/mol. The minimum absolute atomic E-state index is 0.0619. The van der Waals surface area contributed by atoms with E-state index in [2.05, 4.69) is 60.1 Å².